The number of fused-ring (bicyclic) bond motifs is 1. The Morgan fingerprint density at radius 1 is 1.12 bits per heavy atom. The summed E-state index contributed by atoms with van der Waals surface area (Å²) in [5.74, 6) is 0.645. The minimum Gasteiger partial charge on any atom is -0.454 e. The highest BCUT2D eigenvalue weighted by Crippen LogP contribution is 2.55. The molecule has 130 valence electrons. The van der Waals surface area contributed by atoms with Crippen LogP contribution in [0.15, 0.2) is 47.4 Å². The maximum Gasteiger partial charge on any atom is 0.231 e. The zero-order valence-corrected chi connectivity index (χ0v) is 15.1. The molecule has 2 aromatic carbocycles. The van der Waals surface area contributed by atoms with Crippen LogP contribution in [0.2, 0.25) is 0 Å². The summed E-state index contributed by atoms with van der Waals surface area (Å²) in [5.41, 5.74) is 7.70. The lowest BCUT2D eigenvalue weighted by Gasteiger charge is -2.05. The normalized spacial score (nSPS) is 24.1. The molecule has 0 unspecified atom stereocenters. The summed E-state index contributed by atoms with van der Waals surface area (Å²) in [5, 5.41) is -0.645. The van der Waals surface area contributed by atoms with E-state index in [1.54, 1.807) is 30.3 Å². The van der Waals surface area contributed by atoms with E-state index in [4.69, 9.17) is 27.4 Å². The van der Waals surface area contributed by atoms with Gasteiger partial charge in [0.25, 0.3) is 0 Å². The molecule has 1 fully saturated rings. The van der Waals surface area contributed by atoms with E-state index in [9.17, 15) is 8.42 Å². The Hall–Kier alpha value is -2.12. The molecule has 0 spiro atoms. The highest BCUT2D eigenvalue weighted by Gasteiger charge is 2.60. The first-order chi connectivity index (χ1) is 11.9. The zero-order valence-electron chi connectivity index (χ0n) is 13.5. The number of hydrogen-bond acceptors (Lipinski definition) is 5. The number of aryl methyl sites for hydroxylation is 1. The van der Waals surface area contributed by atoms with Crippen molar-refractivity contribution in [3.05, 3.63) is 53.6 Å². The van der Waals surface area contributed by atoms with Gasteiger partial charge in [0.1, 0.15) is 0 Å². The summed E-state index contributed by atoms with van der Waals surface area (Å²) in [4.78, 5) is 0.524. The van der Waals surface area contributed by atoms with E-state index in [2.05, 4.69) is 0 Å². The van der Waals surface area contributed by atoms with Gasteiger partial charge >= 0.3 is 0 Å². The minimum absolute atomic E-state index is 0.174. The summed E-state index contributed by atoms with van der Waals surface area (Å²) in [6, 6.07) is 12.3. The molecule has 3 atom stereocenters. The van der Waals surface area contributed by atoms with E-state index < -0.39 is 15.1 Å². The Kier molecular flexibility index (Phi) is 3.73. The lowest BCUT2D eigenvalue weighted by Crippen LogP contribution is -2.17. The molecular weight excluding hydrogens is 358 g/mol. The Labute approximate surface area is 151 Å². The van der Waals surface area contributed by atoms with Crippen LogP contribution in [0.5, 0.6) is 11.5 Å². The first-order valence-electron chi connectivity index (χ1n) is 7.89. The molecule has 1 aliphatic carbocycles. The summed E-state index contributed by atoms with van der Waals surface area (Å²) < 4.78 is 36.8. The van der Waals surface area contributed by atoms with Gasteiger partial charge in [-0.2, -0.15) is 0 Å². The summed E-state index contributed by atoms with van der Waals surface area (Å²) in [6.45, 7) is 2.09. The smallest absolute Gasteiger partial charge is 0.231 e. The highest BCUT2D eigenvalue weighted by atomic mass is 32.2. The number of rotatable bonds is 4. The monoisotopic (exact) mass is 375 g/mol. The van der Waals surface area contributed by atoms with Crippen molar-refractivity contribution in [3.8, 4) is 11.5 Å². The van der Waals surface area contributed by atoms with E-state index in [1.165, 1.54) is 0 Å². The number of sulfone groups is 1. The molecule has 0 saturated heterocycles. The second-order valence-corrected chi connectivity index (χ2v) is 8.97. The predicted octanol–water partition coefficient (Wildman–Crippen LogP) is 2.57. The third-order valence-electron chi connectivity index (χ3n) is 4.77. The number of hydrogen-bond donors (Lipinski definition) is 1. The van der Waals surface area contributed by atoms with E-state index in [0.29, 0.717) is 16.4 Å². The van der Waals surface area contributed by atoms with Crippen LogP contribution in [0.3, 0.4) is 0 Å². The van der Waals surface area contributed by atoms with Crippen molar-refractivity contribution in [2.24, 2.45) is 11.7 Å². The second-order valence-electron chi connectivity index (χ2n) is 6.39. The van der Waals surface area contributed by atoms with Crippen LogP contribution in [0, 0.1) is 12.8 Å². The first kappa shape index (κ1) is 16.4. The van der Waals surface area contributed by atoms with E-state index in [-0.39, 0.29) is 23.6 Å². The number of benzene rings is 2. The van der Waals surface area contributed by atoms with Gasteiger partial charge in [0.2, 0.25) is 6.79 Å². The van der Waals surface area contributed by atoms with Crippen LogP contribution in [0.1, 0.15) is 17.0 Å². The Morgan fingerprint density at radius 2 is 1.80 bits per heavy atom. The number of thiocarbonyl (C=S) groups is 1. The van der Waals surface area contributed by atoms with Crippen molar-refractivity contribution in [1.29, 1.82) is 0 Å². The van der Waals surface area contributed by atoms with Crippen molar-refractivity contribution in [2.45, 2.75) is 23.0 Å². The summed E-state index contributed by atoms with van der Waals surface area (Å²) in [6.07, 6.45) is 0. The molecule has 0 aromatic heterocycles. The third-order valence-corrected chi connectivity index (χ3v) is 7.28. The van der Waals surface area contributed by atoms with Crippen molar-refractivity contribution in [1.82, 2.24) is 0 Å². The maximum absolute atomic E-state index is 13.1. The Morgan fingerprint density at radius 3 is 2.48 bits per heavy atom. The molecule has 0 amide bonds. The number of nitrogens with two attached hydrogens (primary N) is 1. The van der Waals surface area contributed by atoms with Gasteiger partial charge in [-0.1, -0.05) is 36.0 Å². The van der Waals surface area contributed by atoms with Crippen molar-refractivity contribution >= 4 is 27.0 Å². The molecule has 2 N–H and O–H groups in total. The van der Waals surface area contributed by atoms with Crippen LogP contribution < -0.4 is 15.2 Å². The zero-order chi connectivity index (χ0) is 17.8. The fourth-order valence-corrected chi connectivity index (χ4v) is 5.94. The van der Waals surface area contributed by atoms with E-state index >= 15 is 0 Å². The van der Waals surface area contributed by atoms with Gasteiger partial charge in [0.05, 0.1) is 15.1 Å². The molecule has 25 heavy (non-hydrogen) atoms. The highest BCUT2D eigenvalue weighted by molar-refractivity contribution is 7.92. The quantitative estimate of drug-likeness (QED) is 0.828. The van der Waals surface area contributed by atoms with Gasteiger partial charge < -0.3 is 15.2 Å². The van der Waals surface area contributed by atoms with E-state index in [1.807, 2.05) is 19.1 Å². The summed E-state index contributed by atoms with van der Waals surface area (Å²) in [7, 11) is -3.53. The predicted molar refractivity (Wildman–Crippen MR) is 97.7 cm³/mol. The van der Waals surface area contributed by atoms with Crippen LogP contribution >= 0.6 is 12.2 Å². The van der Waals surface area contributed by atoms with Gasteiger partial charge in [-0.25, -0.2) is 8.42 Å². The molecule has 7 heteroatoms. The maximum atomic E-state index is 13.1. The molecule has 0 radical (unpaired) electrons. The van der Waals surface area contributed by atoms with Crippen molar-refractivity contribution in [3.63, 3.8) is 0 Å². The first-order valence-corrected chi connectivity index (χ1v) is 9.84. The Bertz CT molecular complexity index is 954. The fraction of sp³-hybridized carbons (Fsp3) is 0.278. The van der Waals surface area contributed by atoms with Crippen LogP contribution in [-0.4, -0.2) is 25.4 Å². The molecule has 5 nitrogen and oxygen atoms in total. The second kappa shape index (κ2) is 5.71. The average Bonchev–Trinajstić information content (AvgIpc) is 3.18. The largest absolute Gasteiger partial charge is 0.454 e. The van der Waals surface area contributed by atoms with Gasteiger partial charge in [-0.15, -0.1) is 0 Å². The van der Waals surface area contributed by atoms with Gasteiger partial charge in [-0.05, 0) is 36.8 Å². The molecule has 0 bridgehead atoms. The molecule has 2 aliphatic rings. The standard InChI is InChI=1S/C18H17NO4S2/c1-10-2-5-12(6-3-10)25(20,21)17-15(16(17)18(19)24)11-4-7-13-14(8-11)23-9-22-13/h2-8,15-17H,9H2,1H3,(H2,19,24)/t15-,16+,17+/m1/s1. The SMILES string of the molecule is Cc1ccc(S(=O)(=O)[C@@H]2[C@@H](C(N)=S)[C@H]2c2ccc3c(c2)OCO3)cc1. The van der Waals surface area contributed by atoms with E-state index in [0.717, 1.165) is 11.1 Å². The molecule has 1 aliphatic heterocycles. The van der Waals surface area contributed by atoms with Crippen LogP contribution in [-0.2, 0) is 9.84 Å². The summed E-state index contributed by atoms with van der Waals surface area (Å²) >= 11 is 5.13. The molecule has 4 rings (SSSR count). The Balaban J connectivity index is 1.71. The lowest BCUT2D eigenvalue weighted by atomic mass is 10.1. The minimum atomic E-state index is -3.53. The van der Waals surface area contributed by atoms with Crippen molar-refractivity contribution in [2.75, 3.05) is 6.79 Å². The van der Waals surface area contributed by atoms with Gasteiger partial charge in [0, 0.05) is 11.8 Å². The topological polar surface area (TPSA) is 78.6 Å². The fourth-order valence-electron chi connectivity index (χ4n) is 3.41. The average molecular weight is 375 g/mol. The third kappa shape index (κ3) is 2.67. The molecular formula is C18H17NO4S2. The molecule has 1 saturated carbocycles. The van der Waals surface area contributed by atoms with Crippen LogP contribution in [0.4, 0.5) is 0 Å². The molecule has 2 aromatic rings. The molecule has 1 heterocycles. The van der Waals surface area contributed by atoms with Crippen molar-refractivity contribution < 1.29 is 17.9 Å². The van der Waals surface area contributed by atoms with Crippen LogP contribution in [0.25, 0.3) is 0 Å². The van der Waals surface area contributed by atoms with Gasteiger partial charge in [-0.3, -0.25) is 0 Å². The van der Waals surface area contributed by atoms with Gasteiger partial charge in [0.15, 0.2) is 21.3 Å². The number of ether oxygens (including phenoxy) is 2. The lowest BCUT2D eigenvalue weighted by molar-refractivity contribution is 0.174.